The molecule has 0 aromatic carbocycles. The lowest BCUT2D eigenvalue weighted by Crippen LogP contribution is -2.41. The van der Waals surface area contributed by atoms with Gasteiger partial charge in [-0.3, -0.25) is 0 Å². The quantitative estimate of drug-likeness (QED) is 0.392. The number of nitrogens with zero attached hydrogens (tertiary/aromatic N) is 2. The molecule has 2 fully saturated rings. The third-order valence-corrected chi connectivity index (χ3v) is 8.08. The van der Waals surface area contributed by atoms with Crippen LogP contribution in [-0.2, 0) is 9.47 Å². The number of hydrogen-bond donors (Lipinski definition) is 0. The second-order valence-electron chi connectivity index (χ2n) is 11.1. The lowest BCUT2D eigenvalue weighted by molar-refractivity contribution is 0.0433. The van der Waals surface area contributed by atoms with Crippen molar-refractivity contribution in [2.75, 3.05) is 52.5 Å². The van der Waals surface area contributed by atoms with E-state index in [1.54, 1.807) is 11.1 Å². The number of hydrogen-bond acceptors (Lipinski definition) is 4. The van der Waals surface area contributed by atoms with Crippen LogP contribution in [0.4, 0.5) is 0 Å². The van der Waals surface area contributed by atoms with Crippen LogP contribution in [0.2, 0.25) is 0 Å². The van der Waals surface area contributed by atoms with Crippen LogP contribution in [0.25, 0.3) is 0 Å². The van der Waals surface area contributed by atoms with E-state index in [-0.39, 0.29) is 0 Å². The lowest BCUT2D eigenvalue weighted by atomic mass is 9.67. The van der Waals surface area contributed by atoms with Gasteiger partial charge in [0, 0.05) is 13.1 Å². The summed E-state index contributed by atoms with van der Waals surface area (Å²) in [6.07, 6.45) is 5.91. The zero-order valence-corrected chi connectivity index (χ0v) is 22.0. The topological polar surface area (TPSA) is 24.9 Å². The molecule has 31 heavy (non-hydrogen) atoms. The van der Waals surface area contributed by atoms with Gasteiger partial charge in [-0.2, -0.15) is 0 Å². The Bertz CT molecular complexity index is 539. The molecule has 0 radical (unpaired) electrons. The first-order valence-electron chi connectivity index (χ1n) is 13.0. The normalized spacial score (nSPS) is 21.9. The summed E-state index contributed by atoms with van der Waals surface area (Å²) >= 11 is 0. The molecule has 0 bridgehead atoms. The van der Waals surface area contributed by atoms with E-state index in [1.165, 1.54) is 51.9 Å². The average Bonchev–Trinajstić information content (AvgIpc) is 2.73. The van der Waals surface area contributed by atoms with Crippen molar-refractivity contribution < 1.29 is 9.47 Å². The smallest absolute Gasteiger partial charge is 0.0596 e. The van der Waals surface area contributed by atoms with Crippen LogP contribution in [-0.4, -0.2) is 74.5 Å². The molecule has 0 N–H and O–H groups in total. The Morgan fingerprint density at radius 2 is 1.19 bits per heavy atom. The highest BCUT2D eigenvalue weighted by molar-refractivity contribution is 5.21. The van der Waals surface area contributed by atoms with E-state index >= 15 is 0 Å². The Hall–Kier alpha value is -0.420. The van der Waals surface area contributed by atoms with Crippen LogP contribution in [0.1, 0.15) is 81.1 Å². The van der Waals surface area contributed by atoms with E-state index < -0.39 is 0 Å². The summed E-state index contributed by atoms with van der Waals surface area (Å²) in [7, 11) is 0. The third kappa shape index (κ3) is 8.46. The van der Waals surface area contributed by atoms with Crippen LogP contribution >= 0.6 is 0 Å². The number of piperidine rings is 2. The molecule has 0 aliphatic carbocycles. The van der Waals surface area contributed by atoms with Gasteiger partial charge in [-0.15, -0.1) is 0 Å². The van der Waals surface area contributed by atoms with Gasteiger partial charge in [0.1, 0.15) is 0 Å². The molecule has 2 rings (SSSR count). The van der Waals surface area contributed by atoms with Crippen molar-refractivity contribution in [1.29, 1.82) is 0 Å². The molecule has 0 saturated carbocycles. The number of allylic oxidation sites excluding steroid dienone is 2. The van der Waals surface area contributed by atoms with E-state index in [2.05, 4.69) is 65.2 Å². The molecule has 2 aliphatic heterocycles. The first-order chi connectivity index (χ1) is 14.6. The molecule has 0 aromatic rings. The molecule has 0 amide bonds. The zero-order valence-electron chi connectivity index (χ0n) is 22.0. The van der Waals surface area contributed by atoms with Crippen LogP contribution < -0.4 is 0 Å². The monoisotopic (exact) mass is 436 g/mol. The Kier molecular flexibility index (Phi) is 11.0. The number of rotatable bonds is 11. The van der Waals surface area contributed by atoms with E-state index in [0.717, 1.165) is 38.1 Å². The summed E-state index contributed by atoms with van der Waals surface area (Å²) in [4.78, 5) is 5.19. The summed E-state index contributed by atoms with van der Waals surface area (Å²) < 4.78 is 11.5. The average molecular weight is 437 g/mol. The Morgan fingerprint density at radius 3 is 1.61 bits per heavy atom. The fraction of sp³-hybridized carbons (Fsp3) is 0.926. The fourth-order valence-corrected chi connectivity index (χ4v) is 5.42. The van der Waals surface area contributed by atoms with Crippen LogP contribution in [0.3, 0.4) is 0 Å². The third-order valence-electron chi connectivity index (χ3n) is 8.08. The Balaban J connectivity index is 1.83. The fourth-order valence-electron chi connectivity index (χ4n) is 5.42. The summed E-state index contributed by atoms with van der Waals surface area (Å²) in [5.41, 5.74) is 3.64. The van der Waals surface area contributed by atoms with Crippen molar-refractivity contribution in [2.24, 2.45) is 17.3 Å². The van der Waals surface area contributed by atoms with E-state index in [1.807, 2.05) is 0 Å². The lowest BCUT2D eigenvalue weighted by Gasteiger charge is -2.43. The second kappa shape index (κ2) is 12.7. The summed E-state index contributed by atoms with van der Waals surface area (Å²) in [5, 5.41) is 0. The molecule has 0 aromatic heterocycles. The molecular formula is C27H52N2O2. The minimum Gasteiger partial charge on any atom is -0.377 e. The summed E-state index contributed by atoms with van der Waals surface area (Å²) in [5.74, 6) is 1.55. The van der Waals surface area contributed by atoms with Crippen molar-refractivity contribution in [2.45, 2.75) is 93.3 Å². The molecular weight excluding hydrogens is 384 g/mol. The minimum atomic E-state index is 0.298. The molecule has 2 saturated heterocycles. The molecule has 2 heterocycles. The highest BCUT2D eigenvalue weighted by atomic mass is 16.5. The van der Waals surface area contributed by atoms with Crippen LogP contribution in [0.15, 0.2) is 11.1 Å². The van der Waals surface area contributed by atoms with Crippen LogP contribution in [0.5, 0.6) is 0 Å². The zero-order chi connectivity index (χ0) is 23.0. The maximum Gasteiger partial charge on any atom is 0.0596 e. The SMILES string of the molecule is C/C(=C(/C)C(C)(C)C1CCN(CCOC(C)C)CC1)C1CCN(CCOC(C)C)CC1. The largest absolute Gasteiger partial charge is 0.377 e. The van der Waals surface area contributed by atoms with Crippen molar-refractivity contribution in [3.63, 3.8) is 0 Å². The Morgan fingerprint density at radius 1 is 0.774 bits per heavy atom. The second-order valence-corrected chi connectivity index (χ2v) is 11.1. The number of ether oxygens (including phenoxy) is 2. The van der Waals surface area contributed by atoms with Gasteiger partial charge in [-0.05, 0) is 111 Å². The van der Waals surface area contributed by atoms with Gasteiger partial charge in [0.2, 0.25) is 0 Å². The molecule has 182 valence electrons. The standard InChI is InChI=1S/C27H52N2O2/c1-21(2)30-19-17-28-13-9-25(10-14-28)23(5)24(6)27(7,8)26-11-15-29(16-12-26)18-20-31-22(3)4/h21-22,25-26H,9-20H2,1-8H3/b24-23+. The first kappa shape index (κ1) is 26.8. The Labute approximate surface area is 193 Å². The maximum atomic E-state index is 5.76. The highest BCUT2D eigenvalue weighted by Crippen LogP contribution is 2.43. The molecule has 4 heteroatoms. The van der Waals surface area contributed by atoms with Crippen molar-refractivity contribution in [3.8, 4) is 0 Å². The highest BCUT2D eigenvalue weighted by Gasteiger charge is 2.35. The predicted molar refractivity (Wildman–Crippen MR) is 133 cm³/mol. The van der Waals surface area contributed by atoms with Gasteiger partial charge >= 0.3 is 0 Å². The van der Waals surface area contributed by atoms with Gasteiger partial charge in [-0.25, -0.2) is 0 Å². The molecule has 4 nitrogen and oxygen atoms in total. The first-order valence-corrected chi connectivity index (χ1v) is 13.0. The number of likely N-dealkylation sites (tertiary alicyclic amines) is 2. The van der Waals surface area contributed by atoms with Crippen molar-refractivity contribution in [1.82, 2.24) is 9.80 Å². The summed E-state index contributed by atoms with van der Waals surface area (Å²) in [6.45, 7) is 27.1. The van der Waals surface area contributed by atoms with E-state index in [9.17, 15) is 0 Å². The van der Waals surface area contributed by atoms with E-state index in [0.29, 0.717) is 17.6 Å². The van der Waals surface area contributed by atoms with Gasteiger partial charge in [0.25, 0.3) is 0 Å². The molecule has 0 spiro atoms. The predicted octanol–water partition coefficient (Wildman–Crippen LogP) is 5.62. The van der Waals surface area contributed by atoms with Gasteiger partial charge < -0.3 is 19.3 Å². The summed E-state index contributed by atoms with van der Waals surface area (Å²) in [6, 6.07) is 0. The molecule has 0 atom stereocenters. The van der Waals surface area contributed by atoms with Gasteiger partial charge in [0.15, 0.2) is 0 Å². The van der Waals surface area contributed by atoms with Crippen molar-refractivity contribution in [3.05, 3.63) is 11.1 Å². The van der Waals surface area contributed by atoms with Gasteiger partial charge in [0.05, 0.1) is 25.4 Å². The van der Waals surface area contributed by atoms with Crippen LogP contribution in [0, 0.1) is 17.3 Å². The molecule has 0 unspecified atom stereocenters. The maximum absolute atomic E-state index is 5.76. The molecule has 2 aliphatic rings. The van der Waals surface area contributed by atoms with Gasteiger partial charge in [-0.1, -0.05) is 25.0 Å². The van der Waals surface area contributed by atoms with Crippen molar-refractivity contribution >= 4 is 0 Å². The van der Waals surface area contributed by atoms with E-state index in [4.69, 9.17) is 9.47 Å². The minimum absolute atomic E-state index is 0.298.